The van der Waals surface area contributed by atoms with E-state index < -0.39 is 26.1 Å². The summed E-state index contributed by atoms with van der Waals surface area (Å²) in [5.41, 5.74) is 0.456. The molecule has 0 aliphatic carbocycles. The van der Waals surface area contributed by atoms with Gasteiger partial charge in [-0.25, -0.2) is 8.42 Å². The normalized spacial score (nSPS) is 15.2. The molecule has 1 rings (SSSR count). The molecule has 0 radical (unpaired) electrons. The quantitative estimate of drug-likeness (QED) is 0.893. The van der Waals surface area contributed by atoms with E-state index in [1.54, 1.807) is 37.4 Å². The molecule has 0 aliphatic rings. The lowest BCUT2D eigenvalue weighted by Crippen LogP contribution is -2.24. The van der Waals surface area contributed by atoms with Gasteiger partial charge in [-0.3, -0.25) is 8.93 Å². The molecule has 0 amide bonds. The van der Waals surface area contributed by atoms with Crippen molar-refractivity contribution in [2.45, 2.75) is 30.4 Å². The van der Waals surface area contributed by atoms with E-state index in [1.165, 1.54) is 0 Å². The number of hydrogen-bond donors (Lipinski definition) is 1. The lowest BCUT2D eigenvalue weighted by Gasteiger charge is -2.13. The van der Waals surface area contributed by atoms with Gasteiger partial charge in [-0.2, -0.15) is 0 Å². The number of rotatable bonds is 5. The van der Waals surface area contributed by atoms with Crippen molar-refractivity contribution in [1.29, 1.82) is 0 Å². The first-order valence-electron chi connectivity index (χ1n) is 5.32. The molecule has 0 saturated heterocycles. The topological polar surface area (TPSA) is 63.2 Å². The van der Waals surface area contributed by atoms with E-state index >= 15 is 0 Å². The minimum absolute atomic E-state index is 0.446. The Morgan fingerprint density at radius 2 is 2.06 bits per heavy atom. The summed E-state index contributed by atoms with van der Waals surface area (Å²) in [5.74, 6) is 0. The van der Waals surface area contributed by atoms with Gasteiger partial charge < -0.3 is 0 Å². The molecule has 0 heterocycles. The van der Waals surface area contributed by atoms with E-state index in [-0.39, 0.29) is 0 Å². The molecule has 2 atom stereocenters. The number of hydrogen-bond acceptors (Lipinski definition) is 3. The van der Waals surface area contributed by atoms with Crippen LogP contribution in [0.3, 0.4) is 0 Å². The number of sulfonamides is 1. The first kappa shape index (κ1) is 14.2. The average molecular weight is 275 g/mol. The monoisotopic (exact) mass is 275 g/mol. The summed E-state index contributed by atoms with van der Waals surface area (Å²) in [6.45, 7) is 3.48. The smallest absolute Gasteiger partial charge is 0.235 e. The molecule has 0 fully saturated rings. The van der Waals surface area contributed by atoms with E-state index in [2.05, 4.69) is 4.72 Å². The zero-order valence-corrected chi connectivity index (χ0v) is 11.8. The summed E-state index contributed by atoms with van der Waals surface area (Å²) in [7, 11) is -4.47. The Kier molecular flexibility index (Phi) is 4.70. The summed E-state index contributed by atoms with van der Waals surface area (Å²) in [6, 6.07) is 6.63. The van der Waals surface area contributed by atoms with Gasteiger partial charge in [0.1, 0.15) is 0 Å². The maximum Gasteiger partial charge on any atom is 0.235 e. The van der Waals surface area contributed by atoms with Gasteiger partial charge in [0.2, 0.25) is 10.0 Å². The molecule has 0 unspecified atom stereocenters. The fourth-order valence-corrected chi connectivity index (χ4v) is 2.88. The van der Waals surface area contributed by atoms with Gasteiger partial charge in [0, 0.05) is 27.6 Å². The lowest BCUT2D eigenvalue weighted by molar-refractivity contribution is 0.586. The summed E-state index contributed by atoms with van der Waals surface area (Å²) < 4.78 is 37.4. The maximum absolute atomic E-state index is 11.8. The third kappa shape index (κ3) is 3.81. The third-order valence-electron chi connectivity index (χ3n) is 2.53. The Hall–Kier alpha value is -0.880. The minimum Gasteiger partial charge on any atom is -0.283 e. The molecule has 0 aliphatic heterocycles. The van der Waals surface area contributed by atoms with Crippen LogP contribution in [0.2, 0.25) is 0 Å². The van der Waals surface area contributed by atoms with E-state index in [4.69, 9.17) is 0 Å². The highest BCUT2D eigenvalue weighted by atomic mass is 32.2. The fourth-order valence-electron chi connectivity index (χ4n) is 1.22. The molecule has 0 spiro atoms. The molecule has 1 aromatic rings. The van der Waals surface area contributed by atoms with Crippen molar-refractivity contribution in [3.05, 3.63) is 24.3 Å². The summed E-state index contributed by atoms with van der Waals surface area (Å²) in [4.78, 5) is 0.606. The standard InChI is InChI=1S/C11H17NO3S2/c1-4-9(2)17(14,15)12-10-6-5-7-11(8-10)16(3)13/h5-9,12H,4H2,1-3H3/t9-,16-/m0/s1. The van der Waals surface area contributed by atoms with Gasteiger partial charge in [-0.15, -0.1) is 0 Å². The van der Waals surface area contributed by atoms with Crippen LogP contribution in [-0.2, 0) is 20.8 Å². The molecule has 0 bridgehead atoms. The van der Waals surface area contributed by atoms with Crippen LogP contribution in [0.25, 0.3) is 0 Å². The Balaban J connectivity index is 2.96. The molecule has 0 aromatic heterocycles. The van der Waals surface area contributed by atoms with Crippen LogP contribution < -0.4 is 4.72 Å². The molecule has 1 N–H and O–H groups in total. The Morgan fingerprint density at radius 3 is 2.59 bits per heavy atom. The van der Waals surface area contributed by atoms with Gasteiger partial charge in [0.25, 0.3) is 0 Å². The van der Waals surface area contributed by atoms with Crippen LogP contribution in [0.4, 0.5) is 5.69 Å². The lowest BCUT2D eigenvalue weighted by atomic mass is 10.3. The predicted octanol–water partition coefficient (Wildman–Crippen LogP) is 1.96. The maximum atomic E-state index is 11.8. The van der Waals surface area contributed by atoms with Gasteiger partial charge in [0.05, 0.1) is 5.25 Å². The van der Waals surface area contributed by atoms with E-state index in [9.17, 15) is 12.6 Å². The zero-order valence-electron chi connectivity index (χ0n) is 10.1. The van der Waals surface area contributed by atoms with Gasteiger partial charge >= 0.3 is 0 Å². The molecule has 6 heteroatoms. The highest BCUT2D eigenvalue weighted by Gasteiger charge is 2.18. The molecular weight excluding hydrogens is 258 g/mol. The first-order valence-corrected chi connectivity index (χ1v) is 8.42. The molecular formula is C11H17NO3S2. The van der Waals surface area contributed by atoms with E-state index in [1.807, 2.05) is 6.92 Å². The molecule has 17 heavy (non-hydrogen) atoms. The highest BCUT2D eigenvalue weighted by molar-refractivity contribution is 7.93. The largest absolute Gasteiger partial charge is 0.283 e. The summed E-state index contributed by atoms with van der Waals surface area (Å²) in [5, 5.41) is -0.446. The zero-order chi connectivity index (χ0) is 13.1. The summed E-state index contributed by atoms with van der Waals surface area (Å²) in [6.07, 6.45) is 2.11. The van der Waals surface area contributed by atoms with Crippen molar-refractivity contribution >= 4 is 26.5 Å². The minimum atomic E-state index is -3.35. The molecule has 1 aromatic carbocycles. The highest BCUT2D eigenvalue weighted by Crippen LogP contribution is 2.16. The van der Waals surface area contributed by atoms with Crippen LogP contribution in [0.15, 0.2) is 29.2 Å². The summed E-state index contributed by atoms with van der Waals surface area (Å²) >= 11 is 0. The second-order valence-electron chi connectivity index (χ2n) is 3.85. The number of benzene rings is 1. The van der Waals surface area contributed by atoms with Crippen LogP contribution in [0, 0.1) is 0 Å². The first-order chi connectivity index (χ1) is 7.86. The van der Waals surface area contributed by atoms with Crippen LogP contribution in [0.1, 0.15) is 20.3 Å². The molecule has 0 saturated carbocycles. The van der Waals surface area contributed by atoms with Crippen LogP contribution >= 0.6 is 0 Å². The van der Waals surface area contributed by atoms with Crippen LogP contribution in [-0.4, -0.2) is 24.1 Å². The van der Waals surface area contributed by atoms with Gasteiger partial charge in [-0.05, 0) is 31.5 Å². The van der Waals surface area contributed by atoms with Crippen molar-refractivity contribution in [2.75, 3.05) is 11.0 Å². The fraction of sp³-hybridized carbons (Fsp3) is 0.455. The van der Waals surface area contributed by atoms with Crippen molar-refractivity contribution in [3.63, 3.8) is 0 Å². The van der Waals surface area contributed by atoms with Crippen molar-refractivity contribution in [3.8, 4) is 0 Å². The Bertz CT molecular complexity index is 511. The number of anilines is 1. The molecule has 96 valence electrons. The SMILES string of the molecule is CC[C@H](C)S(=O)(=O)Nc1cccc([S@](C)=O)c1. The van der Waals surface area contributed by atoms with Gasteiger partial charge in [0.15, 0.2) is 0 Å². The number of nitrogens with one attached hydrogen (secondary N) is 1. The van der Waals surface area contributed by atoms with Crippen molar-refractivity contribution in [1.82, 2.24) is 0 Å². The van der Waals surface area contributed by atoms with E-state index in [0.717, 1.165) is 0 Å². The Morgan fingerprint density at radius 1 is 1.41 bits per heavy atom. The second-order valence-corrected chi connectivity index (χ2v) is 7.33. The second kappa shape index (κ2) is 5.64. The van der Waals surface area contributed by atoms with Crippen LogP contribution in [0.5, 0.6) is 0 Å². The average Bonchev–Trinajstić information content (AvgIpc) is 2.27. The van der Waals surface area contributed by atoms with Crippen molar-refractivity contribution < 1.29 is 12.6 Å². The predicted molar refractivity (Wildman–Crippen MR) is 71.1 cm³/mol. The Labute approximate surface area is 105 Å². The molecule has 4 nitrogen and oxygen atoms in total. The van der Waals surface area contributed by atoms with Gasteiger partial charge in [-0.1, -0.05) is 13.0 Å². The van der Waals surface area contributed by atoms with Crippen molar-refractivity contribution in [2.24, 2.45) is 0 Å². The van der Waals surface area contributed by atoms with E-state index in [0.29, 0.717) is 17.0 Å². The third-order valence-corrected chi connectivity index (χ3v) is 5.36.